The summed E-state index contributed by atoms with van der Waals surface area (Å²) >= 11 is 1.44. The van der Waals surface area contributed by atoms with Crippen LogP contribution in [0.1, 0.15) is 38.7 Å². The number of carbonyl (C=O) groups is 5. The summed E-state index contributed by atoms with van der Waals surface area (Å²) in [5.41, 5.74) is 13.1. The predicted octanol–water partition coefficient (Wildman–Crippen LogP) is 0.251. The Morgan fingerprint density at radius 1 is 0.974 bits per heavy atom. The maximum absolute atomic E-state index is 13.1. The van der Waals surface area contributed by atoms with Gasteiger partial charge in [-0.15, -0.1) is 0 Å². The Bertz CT molecular complexity index is 1170. The van der Waals surface area contributed by atoms with Crippen molar-refractivity contribution in [3.8, 4) is 0 Å². The van der Waals surface area contributed by atoms with E-state index in [-0.39, 0.29) is 25.2 Å². The van der Waals surface area contributed by atoms with Crippen LogP contribution in [0.15, 0.2) is 30.5 Å². The van der Waals surface area contributed by atoms with Crippen molar-refractivity contribution in [3.63, 3.8) is 0 Å². The fourth-order valence-corrected chi connectivity index (χ4v) is 4.53. The molecule has 214 valence electrons. The molecule has 2 rings (SSSR count). The van der Waals surface area contributed by atoms with Gasteiger partial charge in [-0.3, -0.25) is 19.2 Å². The standard InChI is InChI=1S/C26H38N6O6S/c1-14(2)10-21(26(37)38)32-24(35)19(8-9-39-3)30-25(36)20(12-22(28)33)31-23(34)17(27)11-15-13-29-18-7-5-4-6-16(15)18/h4-7,13-14,17,19-21,29H,8-12,27H2,1-3H3,(H2,28,33)(H,30,36)(H,31,34)(H,32,35)(H,37,38). The Labute approximate surface area is 231 Å². The average molecular weight is 563 g/mol. The van der Waals surface area contributed by atoms with Crippen LogP contribution in [-0.2, 0) is 30.4 Å². The summed E-state index contributed by atoms with van der Waals surface area (Å²) in [6.07, 6.45) is 3.64. The molecule has 9 N–H and O–H groups in total. The minimum Gasteiger partial charge on any atom is -0.480 e. The predicted molar refractivity (Wildman–Crippen MR) is 150 cm³/mol. The van der Waals surface area contributed by atoms with Gasteiger partial charge in [-0.2, -0.15) is 11.8 Å². The van der Waals surface area contributed by atoms with E-state index in [1.54, 1.807) is 6.20 Å². The van der Waals surface area contributed by atoms with Gasteiger partial charge in [0.25, 0.3) is 0 Å². The Morgan fingerprint density at radius 2 is 1.59 bits per heavy atom. The maximum Gasteiger partial charge on any atom is 0.326 e. The molecule has 0 saturated heterocycles. The molecule has 1 heterocycles. The number of aliphatic carboxylic acids is 1. The molecule has 0 bridgehead atoms. The second-order valence-corrected chi connectivity index (χ2v) is 10.8. The van der Waals surface area contributed by atoms with Gasteiger partial charge in [-0.05, 0) is 48.8 Å². The highest BCUT2D eigenvalue weighted by Gasteiger charge is 2.31. The molecule has 4 amide bonds. The molecule has 12 nitrogen and oxygen atoms in total. The summed E-state index contributed by atoms with van der Waals surface area (Å²) in [6, 6.07) is 2.90. The number of carboxylic acid groups (broad SMARTS) is 1. The van der Waals surface area contributed by atoms with Crippen molar-refractivity contribution >= 4 is 52.3 Å². The van der Waals surface area contributed by atoms with E-state index in [1.807, 2.05) is 44.4 Å². The van der Waals surface area contributed by atoms with Crippen LogP contribution in [-0.4, -0.2) is 75.9 Å². The number of H-pyrrole nitrogens is 1. The molecule has 4 unspecified atom stereocenters. The zero-order valence-electron chi connectivity index (χ0n) is 22.4. The molecule has 4 atom stereocenters. The SMILES string of the molecule is CSCCC(NC(=O)C(CC(N)=O)NC(=O)C(N)Cc1c[nH]c2ccccc12)C(=O)NC(CC(C)C)C(=O)O. The molecular weight excluding hydrogens is 524 g/mol. The number of primary amides is 1. The molecule has 39 heavy (non-hydrogen) atoms. The van der Waals surface area contributed by atoms with Crippen LogP contribution in [0.5, 0.6) is 0 Å². The number of aromatic nitrogens is 1. The van der Waals surface area contributed by atoms with Gasteiger partial charge in [-0.25, -0.2) is 4.79 Å². The van der Waals surface area contributed by atoms with Crippen LogP contribution in [0.2, 0.25) is 0 Å². The van der Waals surface area contributed by atoms with Crippen LogP contribution in [0.3, 0.4) is 0 Å². The lowest BCUT2D eigenvalue weighted by Crippen LogP contribution is -2.58. The molecule has 0 spiro atoms. The van der Waals surface area contributed by atoms with Gasteiger partial charge in [0.15, 0.2) is 0 Å². The van der Waals surface area contributed by atoms with E-state index in [1.165, 1.54) is 11.8 Å². The third kappa shape index (κ3) is 9.91. The average Bonchev–Trinajstić information content (AvgIpc) is 3.27. The van der Waals surface area contributed by atoms with Crippen LogP contribution in [0, 0.1) is 5.92 Å². The lowest BCUT2D eigenvalue weighted by Gasteiger charge is -2.25. The van der Waals surface area contributed by atoms with Crippen LogP contribution < -0.4 is 27.4 Å². The molecule has 0 radical (unpaired) electrons. The first-order valence-corrected chi connectivity index (χ1v) is 14.0. The molecule has 0 aliphatic carbocycles. The zero-order chi connectivity index (χ0) is 29.1. The molecule has 0 saturated carbocycles. The monoisotopic (exact) mass is 562 g/mol. The summed E-state index contributed by atoms with van der Waals surface area (Å²) in [6.45, 7) is 3.66. The number of rotatable bonds is 16. The first kappa shape index (κ1) is 31.6. The number of aromatic amines is 1. The molecule has 1 aromatic carbocycles. The van der Waals surface area contributed by atoms with E-state index in [9.17, 15) is 29.1 Å². The Balaban J connectivity index is 2.12. The number of thioether (sulfide) groups is 1. The quantitative estimate of drug-likeness (QED) is 0.150. The van der Waals surface area contributed by atoms with E-state index >= 15 is 0 Å². The Hall–Kier alpha value is -3.58. The number of hydrogen-bond donors (Lipinski definition) is 7. The summed E-state index contributed by atoms with van der Waals surface area (Å²) in [5.74, 6) is -3.68. The third-order valence-electron chi connectivity index (χ3n) is 6.06. The van der Waals surface area contributed by atoms with Crippen molar-refractivity contribution in [1.29, 1.82) is 0 Å². The molecular formula is C26H38N6O6S. The second kappa shape index (κ2) is 15.1. The number of carbonyl (C=O) groups excluding carboxylic acids is 4. The van der Waals surface area contributed by atoms with Gasteiger partial charge < -0.3 is 37.5 Å². The van der Waals surface area contributed by atoms with Crippen LogP contribution >= 0.6 is 11.8 Å². The highest BCUT2D eigenvalue weighted by atomic mass is 32.2. The number of fused-ring (bicyclic) bond motifs is 1. The first-order valence-electron chi connectivity index (χ1n) is 12.6. The number of para-hydroxylation sites is 1. The Morgan fingerprint density at radius 3 is 2.21 bits per heavy atom. The first-order chi connectivity index (χ1) is 18.4. The van der Waals surface area contributed by atoms with E-state index < -0.39 is 60.2 Å². The number of benzene rings is 1. The van der Waals surface area contributed by atoms with Crippen molar-refractivity contribution in [2.75, 3.05) is 12.0 Å². The van der Waals surface area contributed by atoms with E-state index in [0.29, 0.717) is 5.75 Å². The lowest BCUT2D eigenvalue weighted by molar-refractivity contribution is -0.143. The number of nitrogens with two attached hydrogens (primary N) is 2. The molecule has 2 aromatic rings. The minimum atomic E-state index is -1.38. The number of nitrogens with one attached hydrogen (secondary N) is 4. The van der Waals surface area contributed by atoms with Crippen molar-refractivity contribution in [1.82, 2.24) is 20.9 Å². The van der Waals surface area contributed by atoms with Gasteiger partial charge in [-0.1, -0.05) is 32.0 Å². The summed E-state index contributed by atoms with van der Waals surface area (Å²) < 4.78 is 0. The molecule has 0 fully saturated rings. The van der Waals surface area contributed by atoms with E-state index in [2.05, 4.69) is 20.9 Å². The number of carboxylic acids is 1. The highest BCUT2D eigenvalue weighted by Crippen LogP contribution is 2.19. The fraction of sp³-hybridized carbons (Fsp3) is 0.500. The summed E-state index contributed by atoms with van der Waals surface area (Å²) in [5, 5.41) is 17.9. The summed E-state index contributed by atoms with van der Waals surface area (Å²) in [7, 11) is 0. The van der Waals surface area contributed by atoms with Gasteiger partial charge in [0, 0.05) is 17.1 Å². The topological polar surface area (TPSA) is 209 Å². The van der Waals surface area contributed by atoms with Gasteiger partial charge in [0.1, 0.15) is 18.1 Å². The highest BCUT2D eigenvalue weighted by molar-refractivity contribution is 7.98. The van der Waals surface area contributed by atoms with E-state index in [4.69, 9.17) is 11.5 Å². The van der Waals surface area contributed by atoms with Crippen molar-refractivity contribution < 1.29 is 29.1 Å². The number of amides is 4. The molecule has 0 aliphatic rings. The van der Waals surface area contributed by atoms with Crippen molar-refractivity contribution in [2.45, 2.75) is 63.7 Å². The molecule has 1 aromatic heterocycles. The van der Waals surface area contributed by atoms with Crippen LogP contribution in [0.4, 0.5) is 0 Å². The normalized spacial score (nSPS) is 14.3. The molecule has 13 heteroatoms. The largest absolute Gasteiger partial charge is 0.480 e. The number of hydrogen-bond acceptors (Lipinski definition) is 7. The summed E-state index contributed by atoms with van der Waals surface area (Å²) in [4.78, 5) is 65.4. The van der Waals surface area contributed by atoms with Gasteiger partial charge in [0.2, 0.25) is 23.6 Å². The minimum absolute atomic E-state index is 0.00858. The van der Waals surface area contributed by atoms with E-state index in [0.717, 1.165) is 16.5 Å². The fourth-order valence-electron chi connectivity index (χ4n) is 4.06. The Kier molecular flexibility index (Phi) is 12.3. The maximum atomic E-state index is 13.1. The van der Waals surface area contributed by atoms with Crippen LogP contribution in [0.25, 0.3) is 10.9 Å². The van der Waals surface area contributed by atoms with Gasteiger partial charge in [0.05, 0.1) is 12.5 Å². The van der Waals surface area contributed by atoms with Gasteiger partial charge >= 0.3 is 5.97 Å². The molecule has 0 aliphatic heterocycles. The van der Waals surface area contributed by atoms with Crippen molar-refractivity contribution in [3.05, 3.63) is 36.0 Å². The zero-order valence-corrected chi connectivity index (χ0v) is 23.2. The second-order valence-electron chi connectivity index (χ2n) is 9.77. The third-order valence-corrected chi connectivity index (χ3v) is 6.70. The smallest absolute Gasteiger partial charge is 0.326 e. The van der Waals surface area contributed by atoms with Crippen molar-refractivity contribution in [2.24, 2.45) is 17.4 Å². The lowest BCUT2D eigenvalue weighted by atomic mass is 10.0.